The van der Waals surface area contributed by atoms with Gasteiger partial charge in [0.25, 0.3) is 0 Å². The number of aryl methyl sites for hydroxylation is 1. The van der Waals surface area contributed by atoms with Gasteiger partial charge in [-0.25, -0.2) is 9.59 Å². The van der Waals surface area contributed by atoms with Crippen LogP contribution < -0.4 is 5.32 Å². The van der Waals surface area contributed by atoms with Crippen LogP contribution in [-0.4, -0.2) is 46.8 Å². The van der Waals surface area contributed by atoms with Crippen LogP contribution in [0.4, 0.5) is 10.5 Å². The van der Waals surface area contributed by atoms with Gasteiger partial charge >= 0.3 is 12.0 Å². The number of hydrogen-bond donors (Lipinski definition) is 3. The number of aromatic carboxylic acids is 1. The van der Waals surface area contributed by atoms with E-state index in [-0.39, 0.29) is 24.1 Å². The highest BCUT2D eigenvalue weighted by Gasteiger charge is 2.23. The van der Waals surface area contributed by atoms with E-state index in [0.717, 1.165) is 12.8 Å². The first-order valence-electron chi connectivity index (χ1n) is 7.02. The Morgan fingerprint density at radius 1 is 1.33 bits per heavy atom. The Balaban J connectivity index is 2.07. The molecule has 0 aliphatic carbocycles. The number of anilines is 1. The number of aliphatic hydroxyl groups excluding tert-OH is 1. The van der Waals surface area contributed by atoms with Crippen LogP contribution in [0, 0.1) is 12.8 Å². The van der Waals surface area contributed by atoms with Gasteiger partial charge in [0.05, 0.1) is 11.3 Å². The van der Waals surface area contributed by atoms with E-state index >= 15 is 0 Å². The molecular formula is C15H20N2O4. The second kappa shape index (κ2) is 6.58. The first kappa shape index (κ1) is 15.3. The van der Waals surface area contributed by atoms with Gasteiger partial charge in [-0.2, -0.15) is 0 Å². The smallest absolute Gasteiger partial charge is 0.338 e. The van der Waals surface area contributed by atoms with Crippen molar-refractivity contribution in [1.29, 1.82) is 0 Å². The number of likely N-dealkylation sites (tertiary alicyclic amines) is 1. The van der Waals surface area contributed by atoms with Gasteiger partial charge in [0.15, 0.2) is 0 Å². The largest absolute Gasteiger partial charge is 0.478 e. The molecule has 0 saturated carbocycles. The van der Waals surface area contributed by atoms with Gasteiger partial charge < -0.3 is 20.4 Å². The zero-order chi connectivity index (χ0) is 15.4. The molecule has 1 saturated heterocycles. The molecule has 0 spiro atoms. The second-order valence-corrected chi connectivity index (χ2v) is 5.35. The minimum atomic E-state index is -1.05. The molecular weight excluding hydrogens is 272 g/mol. The van der Waals surface area contributed by atoms with E-state index in [1.54, 1.807) is 30.0 Å². The van der Waals surface area contributed by atoms with Crippen molar-refractivity contribution in [3.63, 3.8) is 0 Å². The van der Waals surface area contributed by atoms with Gasteiger partial charge in [-0.3, -0.25) is 0 Å². The van der Waals surface area contributed by atoms with Crippen LogP contribution in [0.2, 0.25) is 0 Å². The summed E-state index contributed by atoms with van der Waals surface area (Å²) in [7, 11) is 0. The average molecular weight is 292 g/mol. The number of rotatable bonds is 3. The predicted molar refractivity (Wildman–Crippen MR) is 78.5 cm³/mol. The molecule has 6 heteroatoms. The molecule has 1 aliphatic rings. The summed E-state index contributed by atoms with van der Waals surface area (Å²) in [5.74, 6) is -0.801. The van der Waals surface area contributed by atoms with Crippen LogP contribution in [0.25, 0.3) is 0 Å². The third-order valence-corrected chi connectivity index (χ3v) is 3.89. The van der Waals surface area contributed by atoms with E-state index in [0.29, 0.717) is 24.3 Å². The first-order chi connectivity index (χ1) is 10.0. The van der Waals surface area contributed by atoms with E-state index < -0.39 is 5.97 Å². The second-order valence-electron chi connectivity index (χ2n) is 5.35. The van der Waals surface area contributed by atoms with Crippen LogP contribution in [0.15, 0.2) is 18.2 Å². The third-order valence-electron chi connectivity index (χ3n) is 3.89. The van der Waals surface area contributed by atoms with Crippen molar-refractivity contribution in [2.24, 2.45) is 5.92 Å². The summed E-state index contributed by atoms with van der Waals surface area (Å²) in [6.07, 6.45) is 1.53. The van der Waals surface area contributed by atoms with Crippen LogP contribution in [-0.2, 0) is 0 Å². The summed E-state index contributed by atoms with van der Waals surface area (Å²) in [4.78, 5) is 25.2. The first-order valence-corrected chi connectivity index (χ1v) is 7.02. The fourth-order valence-corrected chi connectivity index (χ4v) is 2.57. The topological polar surface area (TPSA) is 89.9 Å². The summed E-state index contributed by atoms with van der Waals surface area (Å²) >= 11 is 0. The number of nitrogens with zero attached hydrogens (tertiary/aromatic N) is 1. The molecule has 0 unspecified atom stereocenters. The van der Waals surface area contributed by atoms with Gasteiger partial charge in [0.2, 0.25) is 0 Å². The van der Waals surface area contributed by atoms with Crippen molar-refractivity contribution in [3.8, 4) is 0 Å². The lowest BCUT2D eigenvalue weighted by Crippen LogP contribution is -2.41. The zero-order valence-electron chi connectivity index (χ0n) is 12.0. The SMILES string of the molecule is Cc1cccc(NC(=O)N2CCC(CO)CC2)c1C(=O)O. The molecule has 0 bridgehead atoms. The molecule has 0 aromatic heterocycles. The number of nitrogens with one attached hydrogen (secondary N) is 1. The highest BCUT2D eigenvalue weighted by Crippen LogP contribution is 2.21. The zero-order valence-corrected chi connectivity index (χ0v) is 12.0. The number of piperidine rings is 1. The van der Waals surface area contributed by atoms with Crippen LogP contribution in [0.1, 0.15) is 28.8 Å². The molecule has 21 heavy (non-hydrogen) atoms. The Labute approximate surface area is 123 Å². The lowest BCUT2D eigenvalue weighted by atomic mass is 9.98. The van der Waals surface area contributed by atoms with Crippen LogP contribution in [0.3, 0.4) is 0 Å². The minimum absolute atomic E-state index is 0.121. The van der Waals surface area contributed by atoms with Crippen molar-refractivity contribution in [3.05, 3.63) is 29.3 Å². The Morgan fingerprint density at radius 2 is 2.00 bits per heavy atom. The van der Waals surface area contributed by atoms with E-state index in [2.05, 4.69) is 5.32 Å². The van der Waals surface area contributed by atoms with Gasteiger partial charge in [-0.15, -0.1) is 0 Å². The Kier molecular flexibility index (Phi) is 4.80. The van der Waals surface area contributed by atoms with Crippen LogP contribution in [0.5, 0.6) is 0 Å². The van der Waals surface area contributed by atoms with Crippen molar-refractivity contribution in [1.82, 2.24) is 4.90 Å². The molecule has 1 aromatic carbocycles. The summed E-state index contributed by atoms with van der Waals surface area (Å²) < 4.78 is 0. The Morgan fingerprint density at radius 3 is 2.57 bits per heavy atom. The fourth-order valence-electron chi connectivity index (χ4n) is 2.57. The molecule has 1 heterocycles. The van der Waals surface area contributed by atoms with Crippen molar-refractivity contribution in [2.75, 3.05) is 25.0 Å². The Bertz CT molecular complexity index is 536. The summed E-state index contributed by atoms with van der Waals surface area (Å²) in [5, 5.41) is 21.0. The molecule has 1 aromatic rings. The molecule has 0 radical (unpaired) electrons. The van der Waals surface area contributed by atoms with E-state index in [1.165, 1.54) is 0 Å². The average Bonchev–Trinajstić information content (AvgIpc) is 2.47. The van der Waals surface area contributed by atoms with Gasteiger partial charge in [0, 0.05) is 19.7 Å². The van der Waals surface area contributed by atoms with Gasteiger partial charge in [-0.05, 0) is 37.3 Å². The monoisotopic (exact) mass is 292 g/mol. The molecule has 0 atom stereocenters. The number of hydrogen-bond acceptors (Lipinski definition) is 3. The number of carboxylic acids is 1. The maximum absolute atomic E-state index is 12.2. The number of carbonyl (C=O) groups is 2. The van der Waals surface area contributed by atoms with Gasteiger partial charge in [-0.1, -0.05) is 12.1 Å². The van der Waals surface area contributed by atoms with E-state index in [1.807, 2.05) is 0 Å². The lowest BCUT2D eigenvalue weighted by molar-refractivity contribution is 0.0697. The number of carbonyl (C=O) groups excluding carboxylic acids is 1. The van der Waals surface area contributed by atoms with E-state index in [4.69, 9.17) is 5.11 Å². The third kappa shape index (κ3) is 3.52. The van der Waals surface area contributed by atoms with Gasteiger partial charge in [0.1, 0.15) is 0 Å². The molecule has 1 aliphatic heterocycles. The van der Waals surface area contributed by atoms with Crippen molar-refractivity contribution < 1.29 is 19.8 Å². The standard InChI is InChI=1S/C15H20N2O4/c1-10-3-2-4-12(13(10)14(19)20)16-15(21)17-7-5-11(9-18)6-8-17/h2-4,11,18H,5-9H2,1H3,(H,16,21)(H,19,20). The molecule has 2 rings (SSSR count). The number of carboxylic acid groups (broad SMARTS) is 1. The molecule has 2 amide bonds. The van der Waals surface area contributed by atoms with E-state index in [9.17, 15) is 14.7 Å². The molecule has 114 valence electrons. The molecule has 3 N–H and O–H groups in total. The highest BCUT2D eigenvalue weighted by atomic mass is 16.4. The lowest BCUT2D eigenvalue weighted by Gasteiger charge is -2.31. The minimum Gasteiger partial charge on any atom is -0.478 e. The van der Waals surface area contributed by atoms with Crippen LogP contribution >= 0.6 is 0 Å². The fraction of sp³-hybridized carbons (Fsp3) is 0.467. The molecule has 6 nitrogen and oxygen atoms in total. The van der Waals surface area contributed by atoms with Crippen molar-refractivity contribution in [2.45, 2.75) is 19.8 Å². The number of amides is 2. The van der Waals surface area contributed by atoms with Crippen molar-refractivity contribution >= 4 is 17.7 Å². The summed E-state index contributed by atoms with van der Waals surface area (Å²) in [6.45, 7) is 3.00. The normalized spacial score (nSPS) is 15.8. The number of aliphatic hydroxyl groups is 1. The Hall–Kier alpha value is -2.08. The molecule has 1 fully saturated rings. The summed E-state index contributed by atoms with van der Waals surface area (Å²) in [6, 6.07) is 4.72. The number of benzene rings is 1. The maximum Gasteiger partial charge on any atom is 0.338 e. The summed E-state index contributed by atoms with van der Waals surface area (Å²) in [5.41, 5.74) is 1.05. The maximum atomic E-state index is 12.2. The number of urea groups is 1. The quantitative estimate of drug-likeness (QED) is 0.794. The predicted octanol–water partition coefficient (Wildman–Crippen LogP) is 1.93. The highest BCUT2D eigenvalue weighted by molar-refractivity contribution is 6.01.